The molecule has 7 heteroatoms. The molecule has 1 heterocycles. The van der Waals surface area contributed by atoms with Gasteiger partial charge in [0, 0.05) is 12.2 Å². The lowest BCUT2D eigenvalue weighted by Gasteiger charge is -2.23. The van der Waals surface area contributed by atoms with E-state index in [1.54, 1.807) is 24.3 Å². The Morgan fingerprint density at radius 2 is 2.00 bits per heavy atom. The third kappa shape index (κ3) is 3.79. The Hall–Kier alpha value is -2.41. The van der Waals surface area contributed by atoms with E-state index in [2.05, 4.69) is 16.0 Å². The fourth-order valence-electron chi connectivity index (χ4n) is 1.86. The van der Waals surface area contributed by atoms with Gasteiger partial charge in [0.1, 0.15) is 6.04 Å². The van der Waals surface area contributed by atoms with Crippen LogP contribution in [0.4, 0.5) is 5.69 Å². The van der Waals surface area contributed by atoms with E-state index in [9.17, 15) is 14.4 Å². The molecule has 1 aromatic carbocycles. The molecular weight excluding hydrogens is 262 g/mol. The maximum atomic E-state index is 11.9. The van der Waals surface area contributed by atoms with Crippen LogP contribution in [0.5, 0.6) is 0 Å². The Kier molecular flexibility index (Phi) is 4.31. The molecule has 2 rings (SSSR count). The van der Waals surface area contributed by atoms with E-state index in [0.29, 0.717) is 11.3 Å². The molecule has 1 atom stereocenters. The Bertz CT molecular complexity index is 517. The lowest BCUT2D eigenvalue weighted by Crippen LogP contribution is -2.56. The average Bonchev–Trinajstić information content (AvgIpc) is 2.41. The minimum Gasteiger partial charge on any atom is -0.481 e. The predicted molar refractivity (Wildman–Crippen MR) is 71.2 cm³/mol. The Morgan fingerprint density at radius 3 is 2.55 bits per heavy atom. The van der Waals surface area contributed by atoms with Gasteiger partial charge in [-0.25, -0.2) is 0 Å². The van der Waals surface area contributed by atoms with Gasteiger partial charge in [0.2, 0.25) is 11.8 Å². The van der Waals surface area contributed by atoms with Crippen LogP contribution in [0.25, 0.3) is 0 Å². The molecule has 20 heavy (non-hydrogen) atoms. The molecule has 2 amide bonds. The number of benzene rings is 1. The van der Waals surface area contributed by atoms with E-state index in [-0.39, 0.29) is 31.3 Å². The summed E-state index contributed by atoms with van der Waals surface area (Å²) in [5, 5.41) is 16.8. The van der Waals surface area contributed by atoms with E-state index < -0.39 is 12.0 Å². The summed E-state index contributed by atoms with van der Waals surface area (Å²) < 4.78 is 0. The summed E-state index contributed by atoms with van der Waals surface area (Å²) in [4.78, 5) is 33.4. The monoisotopic (exact) mass is 277 g/mol. The quantitative estimate of drug-likeness (QED) is 0.584. The van der Waals surface area contributed by atoms with Crippen molar-refractivity contribution in [3.05, 3.63) is 29.8 Å². The molecule has 1 aliphatic rings. The largest absolute Gasteiger partial charge is 0.481 e. The third-order valence-corrected chi connectivity index (χ3v) is 2.91. The molecule has 0 aromatic heterocycles. The van der Waals surface area contributed by atoms with Crippen LogP contribution in [0.1, 0.15) is 5.56 Å². The number of amides is 2. The SMILES string of the molecule is O=C(O)Cc1ccc(NC(=O)C2CNC(=O)CN2)cc1. The van der Waals surface area contributed by atoms with Crippen molar-refractivity contribution in [1.82, 2.24) is 10.6 Å². The molecule has 0 spiro atoms. The Morgan fingerprint density at radius 1 is 1.30 bits per heavy atom. The van der Waals surface area contributed by atoms with Gasteiger partial charge in [0.05, 0.1) is 13.0 Å². The zero-order valence-electron chi connectivity index (χ0n) is 10.7. The third-order valence-electron chi connectivity index (χ3n) is 2.91. The van der Waals surface area contributed by atoms with Crippen LogP contribution in [-0.4, -0.2) is 42.0 Å². The molecule has 106 valence electrons. The predicted octanol–water partition coefficient (Wildman–Crippen LogP) is -0.660. The highest BCUT2D eigenvalue weighted by atomic mass is 16.4. The number of piperazine rings is 1. The van der Waals surface area contributed by atoms with Crippen LogP contribution < -0.4 is 16.0 Å². The summed E-state index contributed by atoms with van der Waals surface area (Å²) in [5.74, 6) is -1.27. The summed E-state index contributed by atoms with van der Waals surface area (Å²) in [6, 6.07) is 6.14. The van der Waals surface area contributed by atoms with Crippen molar-refractivity contribution in [3.8, 4) is 0 Å². The number of carboxylic acid groups (broad SMARTS) is 1. The zero-order valence-corrected chi connectivity index (χ0v) is 10.7. The smallest absolute Gasteiger partial charge is 0.307 e. The molecule has 1 unspecified atom stereocenters. The van der Waals surface area contributed by atoms with E-state index in [0.717, 1.165) is 0 Å². The lowest BCUT2D eigenvalue weighted by molar-refractivity contribution is -0.136. The second-order valence-electron chi connectivity index (χ2n) is 4.49. The van der Waals surface area contributed by atoms with Crippen LogP contribution in [0, 0.1) is 0 Å². The van der Waals surface area contributed by atoms with Gasteiger partial charge in [0.15, 0.2) is 0 Å². The first-order valence-electron chi connectivity index (χ1n) is 6.16. The highest BCUT2D eigenvalue weighted by Gasteiger charge is 2.23. The van der Waals surface area contributed by atoms with Crippen LogP contribution in [0.15, 0.2) is 24.3 Å². The average molecular weight is 277 g/mol. The van der Waals surface area contributed by atoms with Crippen LogP contribution in [0.2, 0.25) is 0 Å². The zero-order chi connectivity index (χ0) is 14.5. The van der Waals surface area contributed by atoms with Gasteiger partial charge in [-0.2, -0.15) is 0 Å². The molecular formula is C13H15N3O4. The van der Waals surface area contributed by atoms with Gasteiger partial charge in [-0.3, -0.25) is 19.7 Å². The maximum Gasteiger partial charge on any atom is 0.307 e. The van der Waals surface area contributed by atoms with Crippen molar-refractivity contribution < 1.29 is 19.5 Å². The Balaban J connectivity index is 1.91. The summed E-state index contributed by atoms with van der Waals surface area (Å²) in [7, 11) is 0. The van der Waals surface area contributed by atoms with Crippen LogP contribution in [-0.2, 0) is 20.8 Å². The molecule has 4 N–H and O–H groups in total. The van der Waals surface area contributed by atoms with Crippen molar-refractivity contribution in [3.63, 3.8) is 0 Å². The second kappa shape index (κ2) is 6.16. The molecule has 1 fully saturated rings. The van der Waals surface area contributed by atoms with Crippen LogP contribution >= 0.6 is 0 Å². The van der Waals surface area contributed by atoms with Crippen molar-refractivity contribution in [1.29, 1.82) is 0 Å². The number of nitrogens with one attached hydrogen (secondary N) is 3. The fourth-order valence-corrected chi connectivity index (χ4v) is 1.86. The van der Waals surface area contributed by atoms with Gasteiger partial charge < -0.3 is 15.7 Å². The first-order chi connectivity index (χ1) is 9.54. The molecule has 0 saturated carbocycles. The molecule has 7 nitrogen and oxygen atoms in total. The standard InChI is InChI=1S/C13H15N3O4/c17-11-7-14-10(6-15-11)13(20)16-9-3-1-8(2-4-9)5-12(18)19/h1-4,10,14H,5-7H2,(H,15,17)(H,16,20)(H,18,19). The highest BCUT2D eigenvalue weighted by molar-refractivity contribution is 5.96. The summed E-state index contributed by atoms with van der Waals surface area (Å²) in [5.41, 5.74) is 1.25. The van der Waals surface area contributed by atoms with Gasteiger partial charge in [-0.1, -0.05) is 12.1 Å². The molecule has 0 aliphatic carbocycles. The first-order valence-corrected chi connectivity index (χ1v) is 6.16. The number of carbonyl (C=O) groups excluding carboxylic acids is 2. The summed E-state index contributed by atoms with van der Waals surface area (Å²) >= 11 is 0. The summed E-state index contributed by atoms with van der Waals surface area (Å²) in [6.07, 6.45) is -0.0512. The maximum absolute atomic E-state index is 11.9. The second-order valence-corrected chi connectivity index (χ2v) is 4.49. The number of rotatable bonds is 4. The van der Waals surface area contributed by atoms with Crippen molar-refractivity contribution >= 4 is 23.5 Å². The van der Waals surface area contributed by atoms with Crippen molar-refractivity contribution in [2.24, 2.45) is 0 Å². The summed E-state index contributed by atoms with van der Waals surface area (Å²) in [6.45, 7) is 0.372. The molecule has 0 bridgehead atoms. The van der Waals surface area contributed by atoms with Gasteiger partial charge in [-0.15, -0.1) is 0 Å². The topological polar surface area (TPSA) is 108 Å². The minimum absolute atomic E-state index is 0.0512. The molecule has 1 saturated heterocycles. The van der Waals surface area contributed by atoms with Gasteiger partial charge >= 0.3 is 5.97 Å². The number of hydrogen-bond donors (Lipinski definition) is 4. The highest BCUT2D eigenvalue weighted by Crippen LogP contribution is 2.10. The van der Waals surface area contributed by atoms with Crippen LogP contribution in [0.3, 0.4) is 0 Å². The van der Waals surface area contributed by atoms with E-state index in [4.69, 9.17) is 5.11 Å². The molecule has 0 radical (unpaired) electrons. The number of carbonyl (C=O) groups is 3. The number of carboxylic acids is 1. The number of hydrogen-bond acceptors (Lipinski definition) is 4. The van der Waals surface area contributed by atoms with E-state index in [1.807, 2.05) is 0 Å². The number of aliphatic carboxylic acids is 1. The minimum atomic E-state index is -0.899. The lowest BCUT2D eigenvalue weighted by atomic mass is 10.1. The van der Waals surface area contributed by atoms with Crippen molar-refractivity contribution in [2.45, 2.75) is 12.5 Å². The van der Waals surface area contributed by atoms with Crippen molar-refractivity contribution in [2.75, 3.05) is 18.4 Å². The first kappa shape index (κ1) is 14.0. The van der Waals surface area contributed by atoms with Gasteiger partial charge in [-0.05, 0) is 17.7 Å². The fraction of sp³-hybridized carbons (Fsp3) is 0.308. The van der Waals surface area contributed by atoms with Gasteiger partial charge in [0.25, 0.3) is 0 Å². The van der Waals surface area contributed by atoms with E-state index >= 15 is 0 Å². The normalized spacial score (nSPS) is 18.2. The number of anilines is 1. The molecule has 1 aliphatic heterocycles. The molecule has 1 aromatic rings. The Labute approximate surface area is 115 Å². The van der Waals surface area contributed by atoms with E-state index in [1.165, 1.54) is 0 Å².